The molecule has 0 fully saturated rings. The molecule has 0 aliphatic carbocycles. The second kappa shape index (κ2) is 5.83. The van der Waals surface area contributed by atoms with Crippen LogP contribution in [0.4, 0.5) is 5.69 Å². The lowest BCUT2D eigenvalue weighted by molar-refractivity contribution is -0.683. The van der Waals surface area contributed by atoms with Crippen LogP contribution in [0.1, 0.15) is 10.4 Å². The number of rotatable bonds is 5. The second-order valence-corrected chi connectivity index (χ2v) is 6.17. The number of Topliss-reactive ketones (excluding diaryl/α,β-unsaturated/α-hetero) is 1. The quantitative estimate of drug-likeness (QED) is 0.665. The number of aromatic nitrogens is 1. The first-order valence-electron chi connectivity index (χ1n) is 5.99. The molecule has 2 aromatic rings. The van der Waals surface area contributed by atoms with Crippen LogP contribution in [0.5, 0.6) is 0 Å². The van der Waals surface area contributed by atoms with Crippen LogP contribution in [0.2, 0.25) is 0 Å². The molecule has 0 saturated heterocycles. The van der Waals surface area contributed by atoms with Gasteiger partial charge in [-0.15, -0.1) is 0 Å². The molecule has 1 aromatic heterocycles. The fraction of sp³-hybridized carbons (Fsp3) is 0.143. The molecule has 0 bridgehead atoms. The number of ketones is 1. The molecule has 1 aromatic carbocycles. The number of hydrogen-bond donors (Lipinski definition) is 1. The third-order valence-corrected chi connectivity index (χ3v) is 3.22. The summed E-state index contributed by atoms with van der Waals surface area (Å²) in [5.74, 6) is -0.0351. The summed E-state index contributed by atoms with van der Waals surface area (Å²) < 4.78 is 26.3. The van der Waals surface area contributed by atoms with E-state index in [9.17, 15) is 13.2 Å². The number of benzene rings is 1. The lowest BCUT2D eigenvalue weighted by Gasteiger charge is -2.04. The van der Waals surface area contributed by atoms with Gasteiger partial charge in [0.05, 0.1) is 6.26 Å². The van der Waals surface area contributed by atoms with Crippen molar-refractivity contribution in [3.8, 4) is 0 Å². The van der Waals surface area contributed by atoms with Gasteiger partial charge in [0.15, 0.2) is 12.4 Å². The number of hydrogen-bond acceptors (Lipinski definition) is 3. The topological polar surface area (TPSA) is 67.1 Å². The first-order valence-corrected chi connectivity index (χ1v) is 7.88. The van der Waals surface area contributed by atoms with Crippen molar-refractivity contribution in [2.75, 3.05) is 11.0 Å². The normalized spacial score (nSPS) is 11.1. The van der Waals surface area contributed by atoms with Gasteiger partial charge in [0.25, 0.3) is 0 Å². The smallest absolute Gasteiger partial charge is 0.229 e. The Morgan fingerprint density at radius 1 is 1.10 bits per heavy atom. The van der Waals surface area contributed by atoms with E-state index in [2.05, 4.69) is 4.72 Å². The van der Waals surface area contributed by atoms with Gasteiger partial charge in [-0.05, 0) is 24.3 Å². The standard InChI is InChI=1S/C14H14N2O3S/c1-20(18,19)15-13-7-5-12(6-8-13)14(17)11-16-9-3-2-4-10-16/h2-10H,11H2,1H3/p+1. The third kappa shape index (κ3) is 4.17. The van der Waals surface area contributed by atoms with Gasteiger partial charge in [-0.1, -0.05) is 6.07 Å². The van der Waals surface area contributed by atoms with Crippen LogP contribution < -0.4 is 9.29 Å². The van der Waals surface area contributed by atoms with Gasteiger partial charge in [-0.2, -0.15) is 4.57 Å². The molecule has 0 spiro atoms. The number of pyridine rings is 1. The Morgan fingerprint density at radius 2 is 1.70 bits per heavy atom. The molecule has 0 unspecified atom stereocenters. The van der Waals surface area contributed by atoms with E-state index in [4.69, 9.17) is 0 Å². The van der Waals surface area contributed by atoms with Gasteiger partial charge in [0.1, 0.15) is 0 Å². The molecule has 104 valence electrons. The summed E-state index contributed by atoms with van der Waals surface area (Å²) in [7, 11) is -3.30. The summed E-state index contributed by atoms with van der Waals surface area (Å²) in [6.07, 6.45) is 4.72. The van der Waals surface area contributed by atoms with E-state index < -0.39 is 10.0 Å². The highest BCUT2D eigenvalue weighted by molar-refractivity contribution is 7.92. The van der Waals surface area contributed by atoms with Crippen molar-refractivity contribution in [2.24, 2.45) is 0 Å². The fourth-order valence-corrected chi connectivity index (χ4v) is 2.30. The largest absolute Gasteiger partial charge is 0.287 e. The predicted octanol–water partition coefficient (Wildman–Crippen LogP) is 1.23. The zero-order valence-corrected chi connectivity index (χ0v) is 11.8. The van der Waals surface area contributed by atoms with Gasteiger partial charge in [0, 0.05) is 23.4 Å². The minimum absolute atomic E-state index is 0.0351. The summed E-state index contributed by atoms with van der Waals surface area (Å²) >= 11 is 0. The van der Waals surface area contributed by atoms with E-state index >= 15 is 0 Å². The number of sulfonamides is 1. The number of carbonyl (C=O) groups excluding carboxylic acids is 1. The molecular weight excluding hydrogens is 276 g/mol. The molecule has 5 nitrogen and oxygen atoms in total. The summed E-state index contributed by atoms with van der Waals surface area (Å²) in [4.78, 5) is 12.1. The van der Waals surface area contributed by atoms with E-state index in [-0.39, 0.29) is 12.3 Å². The Morgan fingerprint density at radius 3 is 2.25 bits per heavy atom. The van der Waals surface area contributed by atoms with Gasteiger partial charge in [0.2, 0.25) is 22.4 Å². The highest BCUT2D eigenvalue weighted by atomic mass is 32.2. The highest BCUT2D eigenvalue weighted by Crippen LogP contribution is 2.11. The molecule has 2 rings (SSSR count). The number of carbonyl (C=O) groups is 1. The van der Waals surface area contributed by atoms with Crippen LogP contribution in [0.25, 0.3) is 0 Å². The van der Waals surface area contributed by atoms with E-state index in [0.29, 0.717) is 11.3 Å². The predicted molar refractivity (Wildman–Crippen MR) is 75.9 cm³/mol. The Balaban J connectivity index is 2.08. The average Bonchev–Trinajstić information content (AvgIpc) is 2.39. The highest BCUT2D eigenvalue weighted by Gasteiger charge is 2.11. The second-order valence-electron chi connectivity index (χ2n) is 4.42. The van der Waals surface area contributed by atoms with Crippen molar-refractivity contribution < 1.29 is 17.8 Å². The van der Waals surface area contributed by atoms with Gasteiger partial charge in [-0.3, -0.25) is 9.52 Å². The molecule has 0 radical (unpaired) electrons. The monoisotopic (exact) mass is 291 g/mol. The van der Waals surface area contributed by atoms with E-state index in [1.54, 1.807) is 28.8 Å². The minimum atomic E-state index is -3.30. The first-order chi connectivity index (χ1) is 9.44. The number of nitrogens with one attached hydrogen (secondary N) is 1. The van der Waals surface area contributed by atoms with Crippen LogP contribution in [0.15, 0.2) is 54.9 Å². The van der Waals surface area contributed by atoms with E-state index in [1.807, 2.05) is 30.6 Å². The molecule has 0 atom stereocenters. The maximum Gasteiger partial charge on any atom is 0.229 e. The van der Waals surface area contributed by atoms with Crippen molar-refractivity contribution in [1.29, 1.82) is 0 Å². The van der Waals surface area contributed by atoms with Crippen LogP contribution in [-0.2, 0) is 16.6 Å². The van der Waals surface area contributed by atoms with Crippen molar-refractivity contribution in [2.45, 2.75) is 6.54 Å². The fourth-order valence-electron chi connectivity index (χ4n) is 1.74. The van der Waals surface area contributed by atoms with Gasteiger partial charge >= 0.3 is 0 Å². The summed E-state index contributed by atoms with van der Waals surface area (Å²) in [6.45, 7) is 0.250. The number of anilines is 1. The van der Waals surface area contributed by atoms with E-state index in [0.717, 1.165) is 6.26 Å². The van der Waals surface area contributed by atoms with Crippen molar-refractivity contribution in [3.63, 3.8) is 0 Å². The maximum absolute atomic E-state index is 12.1. The van der Waals surface area contributed by atoms with Crippen molar-refractivity contribution in [3.05, 3.63) is 60.4 Å². The third-order valence-electron chi connectivity index (χ3n) is 2.61. The minimum Gasteiger partial charge on any atom is -0.287 e. The lowest BCUT2D eigenvalue weighted by Crippen LogP contribution is -2.36. The molecule has 6 heteroatoms. The molecule has 0 amide bonds. The van der Waals surface area contributed by atoms with Crippen LogP contribution >= 0.6 is 0 Å². The van der Waals surface area contributed by atoms with Crippen molar-refractivity contribution in [1.82, 2.24) is 0 Å². The summed E-state index contributed by atoms with van der Waals surface area (Å²) in [6, 6.07) is 12.0. The number of nitrogens with zero attached hydrogens (tertiary/aromatic N) is 1. The van der Waals surface area contributed by atoms with Gasteiger partial charge < -0.3 is 0 Å². The molecule has 1 N–H and O–H groups in total. The van der Waals surface area contributed by atoms with Crippen molar-refractivity contribution >= 4 is 21.5 Å². The maximum atomic E-state index is 12.1. The van der Waals surface area contributed by atoms with Crippen LogP contribution in [0, 0.1) is 0 Å². The first kappa shape index (κ1) is 14.2. The van der Waals surface area contributed by atoms with Gasteiger partial charge in [-0.25, -0.2) is 8.42 Å². The molecule has 1 heterocycles. The SMILES string of the molecule is CS(=O)(=O)Nc1ccc(C(=O)C[n+]2ccccc2)cc1. The molecule has 0 aliphatic heterocycles. The van der Waals surface area contributed by atoms with Crippen LogP contribution in [0.3, 0.4) is 0 Å². The molecule has 0 saturated carbocycles. The molecule has 0 aliphatic rings. The Bertz CT molecular complexity index is 695. The Labute approximate surface area is 117 Å². The summed E-state index contributed by atoms with van der Waals surface area (Å²) in [5, 5.41) is 0. The molecule has 20 heavy (non-hydrogen) atoms. The zero-order chi connectivity index (χ0) is 14.6. The van der Waals surface area contributed by atoms with E-state index in [1.165, 1.54) is 0 Å². The molecular formula is C14H15N2O3S+. The lowest BCUT2D eigenvalue weighted by atomic mass is 10.1. The average molecular weight is 291 g/mol. The zero-order valence-electron chi connectivity index (χ0n) is 11.0. The van der Waals surface area contributed by atoms with Crippen LogP contribution in [-0.4, -0.2) is 20.5 Å². The Hall–Kier alpha value is -2.21. The summed E-state index contributed by atoms with van der Waals surface area (Å²) in [5.41, 5.74) is 0.983. The Kier molecular flexibility index (Phi) is 4.14.